The standard InChI is InChI=1S/C18H23N5O2/c24-18(23-10-8-19-6-7-20-9-11-23)15-3-1-2-14(12-15)16-21-17(25-22-16)13-4-5-13/h1-3,12-13,19-20H,4-11H2. The molecule has 1 amide bonds. The average Bonchev–Trinajstić information content (AvgIpc) is 3.34. The van der Waals surface area contributed by atoms with E-state index in [1.807, 2.05) is 29.2 Å². The summed E-state index contributed by atoms with van der Waals surface area (Å²) in [6.07, 6.45) is 2.24. The van der Waals surface area contributed by atoms with Crippen LogP contribution in [0.5, 0.6) is 0 Å². The highest BCUT2D eigenvalue weighted by Gasteiger charge is 2.29. The fourth-order valence-corrected chi connectivity index (χ4v) is 2.99. The molecule has 0 atom stereocenters. The van der Waals surface area contributed by atoms with Crippen molar-refractivity contribution < 1.29 is 9.32 Å². The van der Waals surface area contributed by atoms with Crippen molar-refractivity contribution in [1.29, 1.82) is 0 Å². The van der Waals surface area contributed by atoms with E-state index in [9.17, 15) is 4.79 Å². The third kappa shape index (κ3) is 3.88. The van der Waals surface area contributed by atoms with Crippen molar-refractivity contribution >= 4 is 5.91 Å². The molecule has 2 heterocycles. The Morgan fingerprint density at radius 2 is 1.88 bits per heavy atom. The van der Waals surface area contributed by atoms with Crippen molar-refractivity contribution in [3.63, 3.8) is 0 Å². The highest BCUT2D eigenvalue weighted by molar-refractivity contribution is 5.95. The number of nitrogens with one attached hydrogen (secondary N) is 2. The molecular formula is C18H23N5O2. The molecule has 4 rings (SSSR count). The van der Waals surface area contributed by atoms with Crippen molar-refractivity contribution in [3.05, 3.63) is 35.7 Å². The van der Waals surface area contributed by atoms with Crippen molar-refractivity contribution in [1.82, 2.24) is 25.7 Å². The zero-order chi connectivity index (χ0) is 17.1. The summed E-state index contributed by atoms with van der Waals surface area (Å²) < 4.78 is 5.33. The van der Waals surface area contributed by atoms with Gasteiger partial charge in [-0.25, -0.2) is 0 Å². The zero-order valence-electron chi connectivity index (χ0n) is 14.2. The number of carbonyl (C=O) groups excluding carboxylic acids is 1. The molecule has 0 unspecified atom stereocenters. The van der Waals surface area contributed by atoms with Crippen molar-refractivity contribution in [3.8, 4) is 11.4 Å². The van der Waals surface area contributed by atoms with Crippen LogP contribution in [0.3, 0.4) is 0 Å². The molecule has 1 aromatic heterocycles. The van der Waals surface area contributed by atoms with Gasteiger partial charge in [-0.15, -0.1) is 0 Å². The number of amides is 1. The van der Waals surface area contributed by atoms with Crippen LogP contribution in [-0.4, -0.2) is 60.2 Å². The van der Waals surface area contributed by atoms with Crippen molar-refractivity contribution in [2.24, 2.45) is 0 Å². The van der Waals surface area contributed by atoms with E-state index < -0.39 is 0 Å². The molecule has 1 aromatic carbocycles. The Balaban J connectivity index is 1.51. The lowest BCUT2D eigenvalue weighted by atomic mass is 10.1. The predicted octanol–water partition coefficient (Wildman–Crippen LogP) is 1.25. The van der Waals surface area contributed by atoms with E-state index in [4.69, 9.17) is 4.52 Å². The maximum absolute atomic E-state index is 12.9. The lowest BCUT2D eigenvalue weighted by Gasteiger charge is -2.22. The van der Waals surface area contributed by atoms with Gasteiger partial charge in [0.2, 0.25) is 11.7 Å². The van der Waals surface area contributed by atoms with Crippen LogP contribution >= 0.6 is 0 Å². The van der Waals surface area contributed by atoms with Gasteiger partial charge in [0.25, 0.3) is 5.91 Å². The summed E-state index contributed by atoms with van der Waals surface area (Å²) in [6.45, 7) is 4.89. The molecule has 1 saturated carbocycles. The minimum Gasteiger partial charge on any atom is -0.339 e. The Hall–Kier alpha value is -2.25. The van der Waals surface area contributed by atoms with E-state index in [1.54, 1.807) is 0 Å². The minimum absolute atomic E-state index is 0.0401. The Bertz CT molecular complexity index is 731. The van der Waals surface area contributed by atoms with Gasteiger partial charge in [0.15, 0.2) is 0 Å². The summed E-state index contributed by atoms with van der Waals surface area (Å²) in [5.74, 6) is 1.74. The molecular weight excluding hydrogens is 318 g/mol. The molecule has 2 aliphatic rings. The first-order valence-electron chi connectivity index (χ1n) is 8.96. The van der Waals surface area contributed by atoms with E-state index >= 15 is 0 Å². The Morgan fingerprint density at radius 1 is 1.12 bits per heavy atom. The molecule has 0 bridgehead atoms. The third-order valence-electron chi connectivity index (χ3n) is 4.62. The molecule has 25 heavy (non-hydrogen) atoms. The van der Waals surface area contributed by atoms with Crippen molar-refractivity contribution in [2.45, 2.75) is 18.8 Å². The highest BCUT2D eigenvalue weighted by Crippen LogP contribution is 2.39. The first-order chi connectivity index (χ1) is 12.3. The molecule has 1 aliphatic carbocycles. The molecule has 1 aliphatic heterocycles. The van der Waals surface area contributed by atoms with E-state index in [0.29, 0.717) is 36.3 Å². The van der Waals surface area contributed by atoms with Gasteiger partial charge in [0, 0.05) is 56.3 Å². The van der Waals surface area contributed by atoms with E-state index in [-0.39, 0.29) is 5.91 Å². The van der Waals surface area contributed by atoms with Gasteiger partial charge in [0.1, 0.15) is 0 Å². The van der Waals surface area contributed by atoms with Crippen molar-refractivity contribution in [2.75, 3.05) is 39.3 Å². The Labute approximate surface area is 146 Å². The monoisotopic (exact) mass is 341 g/mol. The molecule has 7 nitrogen and oxygen atoms in total. The first-order valence-corrected chi connectivity index (χ1v) is 8.96. The average molecular weight is 341 g/mol. The van der Waals surface area contributed by atoms with Crippen LogP contribution in [0.25, 0.3) is 11.4 Å². The quantitative estimate of drug-likeness (QED) is 0.874. The fraction of sp³-hybridized carbons (Fsp3) is 0.500. The van der Waals surface area contributed by atoms with Crippen LogP contribution in [0.4, 0.5) is 0 Å². The molecule has 7 heteroatoms. The maximum Gasteiger partial charge on any atom is 0.253 e. The molecule has 1 saturated heterocycles. The van der Waals surface area contributed by atoms with Crippen LogP contribution in [0.15, 0.2) is 28.8 Å². The SMILES string of the molecule is O=C(c1cccc(-c2noc(C3CC3)n2)c1)N1CCNCCNCC1. The molecule has 0 spiro atoms. The minimum atomic E-state index is 0.0401. The summed E-state index contributed by atoms with van der Waals surface area (Å²) in [5.41, 5.74) is 1.48. The molecule has 132 valence electrons. The summed E-state index contributed by atoms with van der Waals surface area (Å²) >= 11 is 0. The summed E-state index contributed by atoms with van der Waals surface area (Å²) in [5, 5.41) is 10.7. The normalized spacial score (nSPS) is 19.1. The number of aromatic nitrogens is 2. The number of hydrogen-bond donors (Lipinski definition) is 2. The second-order valence-electron chi connectivity index (χ2n) is 6.60. The zero-order valence-corrected chi connectivity index (χ0v) is 14.2. The first kappa shape index (κ1) is 16.2. The second kappa shape index (κ2) is 7.33. The van der Waals surface area contributed by atoms with E-state index in [0.717, 1.165) is 44.6 Å². The van der Waals surface area contributed by atoms with Crippen LogP contribution in [0, 0.1) is 0 Å². The number of benzene rings is 1. The topological polar surface area (TPSA) is 83.3 Å². The van der Waals surface area contributed by atoms with Gasteiger partial charge >= 0.3 is 0 Å². The number of nitrogens with zero attached hydrogens (tertiary/aromatic N) is 3. The van der Waals surface area contributed by atoms with Gasteiger partial charge < -0.3 is 20.1 Å². The van der Waals surface area contributed by atoms with Gasteiger partial charge in [-0.05, 0) is 25.0 Å². The maximum atomic E-state index is 12.9. The van der Waals surface area contributed by atoms with Gasteiger partial charge in [-0.2, -0.15) is 4.98 Å². The third-order valence-corrected chi connectivity index (χ3v) is 4.62. The Morgan fingerprint density at radius 3 is 2.60 bits per heavy atom. The van der Waals surface area contributed by atoms with Crippen LogP contribution in [0.2, 0.25) is 0 Å². The summed E-state index contributed by atoms with van der Waals surface area (Å²) in [6, 6.07) is 7.50. The lowest BCUT2D eigenvalue weighted by Crippen LogP contribution is -2.38. The Kier molecular flexibility index (Phi) is 4.76. The highest BCUT2D eigenvalue weighted by atomic mass is 16.5. The molecule has 0 radical (unpaired) electrons. The van der Waals surface area contributed by atoms with Crippen LogP contribution in [-0.2, 0) is 0 Å². The van der Waals surface area contributed by atoms with Gasteiger partial charge in [-0.3, -0.25) is 4.79 Å². The van der Waals surface area contributed by atoms with Gasteiger partial charge in [0.05, 0.1) is 0 Å². The molecule has 2 aromatic rings. The van der Waals surface area contributed by atoms with Crippen LogP contribution < -0.4 is 10.6 Å². The van der Waals surface area contributed by atoms with Gasteiger partial charge in [-0.1, -0.05) is 17.3 Å². The van der Waals surface area contributed by atoms with Crippen LogP contribution in [0.1, 0.15) is 35.0 Å². The summed E-state index contributed by atoms with van der Waals surface area (Å²) in [4.78, 5) is 19.2. The largest absolute Gasteiger partial charge is 0.339 e. The van der Waals surface area contributed by atoms with E-state index in [2.05, 4.69) is 20.8 Å². The second-order valence-corrected chi connectivity index (χ2v) is 6.60. The smallest absolute Gasteiger partial charge is 0.253 e. The fourth-order valence-electron chi connectivity index (χ4n) is 2.99. The lowest BCUT2D eigenvalue weighted by molar-refractivity contribution is 0.0761. The number of carbonyl (C=O) groups is 1. The molecule has 2 N–H and O–H groups in total. The summed E-state index contributed by atoms with van der Waals surface area (Å²) in [7, 11) is 0. The molecule has 2 fully saturated rings. The number of rotatable bonds is 3. The van der Waals surface area contributed by atoms with E-state index in [1.165, 1.54) is 0 Å². The number of hydrogen-bond acceptors (Lipinski definition) is 6. The predicted molar refractivity (Wildman–Crippen MR) is 93.4 cm³/mol.